The second-order valence-electron chi connectivity index (χ2n) is 3.41. The second kappa shape index (κ2) is 5.74. The van der Waals surface area contributed by atoms with Gasteiger partial charge in [0.2, 0.25) is 0 Å². The third kappa shape index (κ3) is 3.01. The first kappa shape index (κ1) is 13.6. The van der Waals surface area contributed by atoms with Crippen molar-refractivity contribution in [3.05, 3.63) is 40.7 Å². The molecule has 0 saturated heterocycles. The topological polar surface area (TPSA) is 23.8 Å². The van der Waals surface area contributed by atoms with Crippen LogP contribution in [-0.4, -0.2) is 0 Å². The predicted molar refractivity (Wildman–Crippen MR) is 59.6 cm³/mol. The highest BCUT2D eigenvalue weighted by molar-refractivity contribution is 6.49. The zero-order chi connectivity index (χ0) is 13.0. The summed E-state index contributed by atoms with van der Waals surface area (Å²) in [6.45, 7) is 1.84. The molecular weight excluding hydrogens is 251 g/mol. The van der Waals surface area contributed by atoms with Gasteiger partial charge in [-0.25, -0.2) is 13.2 Å². The Morgan fingerprint density at radius 3 is 2.24 bits per heavy atom. The summed E-state index contributed by atoms with van der Waals surface area (Å²) in [5.41, 5.74) is 0.188. The van der Waals surface area contributed by atoms with Crippen LogP contribution < -0.4 is 0 Å². The van der Waals surface area contributed by atoms with Crippen molar-refractivity contribution in [2.75, 3.05) is 0 Å². The molecule has 0 heterocycles. The molecule has 0 fully saturated rings. The number of benzene rings is 1. The molecule has 17 heavy (non-hydrogen) atoms. The summed E-state index contributed by atoms with van der Waals surface area (Å²) >= 11 is 5.85. The van der Waals surface area contributed by atoms with Crippen molar-refractivity contribution in [3.8, 4) is 6.07 Å². The zero-order valence-electron chi connectivity index (χ0n) is 9.03. The normalized spacial score (nSPS) is 12.0. The van der Waals surface area contributed by atoms with Gasteiger partial charge in [-0.3, -0.25) is 0 Å². The third-order valence-electron chi connectivity index (χ3n) is 2.14. The Morgan fingerprint density at radius 1 is 1.29 bits per heavy atom. The number of halogens is 4. The molecule has 90 valence electrons. The minimum Gasteiger partial charge on any atom is -0.204 e. The molecule has 0 spiro atoms. The average Bonchev–Trinajstić information content (AvgIpc) is 2.31. The van der Waals surface area contributed by atoms with Crippen molar-refractivity contribution in [2.24, 2.45) is 0 Å². The highest BCUT2D eigenvalue weighted by Crippen LogP contribution is 2.27. The van der Waals surface area contributed by atoms with Crippen molar-refractivity contribution in [3.63, 3.8) is 0 Å². The second-order valence-corrected chi connectivity index (χ2v) is 3.79. The monoisotopic (exact) mass is 259 g/mol. The lowest BCUT2D eigenvalue weighted by Crippen LogP contribution is -1.94. The van der Waals surface area contributed by atoms with Gasteiger partial charge < -0.3 is 0 Å². The van der Waals surface area contributed by atoms with Gasteiger partial charge in [-0.05, 0) is 18.6 Å². The van der Waals surface area contributed by atoms with Crippen LogP contribution in [0.2, 0.25) is 0 Å². The first-order chi connectivity index (χ1) is 8.01. The van der Waals surface area contributed by atoms with Gasteiger partial charge in [-0.15, -0.1) is 0 Å². The summed E-state index contributed by atoms with van der Waals surface area (Å²) < 4.78 is 38.7. The van der Waals surface area contributed by atoms with Gasteiger partial charge in [0.25, 0.3) is 0 Å². The van der Waals surface area contributed by atoms with E-state index >= 15 is 0 Å². The molecule has 0 unspecified atom stereocenters. The number of rotatable bonds is 3. The van der Waals surface area contributed by atoms with E-state index in [9.17, 15) is 13.2 Å². The lowest BCUT2D eigenvalue weighted by Gasteiger charge is -2.04. The molecule has 1 aromatic carbocycles. The molecule has 0 bridgehead atoms. The number of allylic oxidation sites excluding steroid dienone is 1. The highest BCUT2D eigenvalue weighted by atomic mass is 35.5. The van der Waals surface area contributed by atoms with E-state index in [1.807, 2.05) is 13.0 Å². The van der Waals surface area contributed by atoms with Crippen LogP contribution >= 0.6 is 11.6 Å². The number of nitrogens with zero attached hydrogens (tertiary/aromatic N) is 1. The van der Waals surface area contributed by atoms with Gasteiger partial charge in [0.05, 0.1) is 11.1 Å². The van der Waals surface area contributed by atoms with Crippen molar-refractivity contribution in [2.45, 2.75) is 19.8 Å². The fourth-order valence-corrected chi connectivity index (χ4v) is 1.57. The molecule has 1 rings (SSSR count). The summed E-state index contributed by atoms with van der Waals surface area (Å²) in [6.07, 6.45) is 1.07. The molecule has 0 radical (unpaired) electrons. The molecular formula is C12H9ClF3N. The van der Waals surface area contributed by atoms with E-state index in [1.165, 1.54) is 0 Å². The van der Waals surface area contributed by atoms with E-state index < -0.39 is 17.5 Å². The quantitative estimate of drug-likeness (QED) is 0.584. The summed E-state index contributed by atoms with van der Waals surface area (Å²) in [7, 11) is 0. The van der Waals surface area contributed by atoms with E-state index in [1.54, 1.807) is 0 Å². The molecule has 0 aliphatic carbocycles. The van der Waals surface area contributed by atoms with E-state index in [2.05, 4.69) is 0 Å². The van der Waals surface area contributed by atoms with Crippen LogP contribution in [0.1, 0.15) is 25.3 Å². The first-order valence-corrected chi connectivity index (χ1v) is 5.32. The Kier molecular flexibility index (Phi) is 4.59. The van der Waals surface area contributed by atoms with E-state index in [-0.39, 0.29) is 16.2 Å². The lowest BCUT2D eigenvalue weighted by atomic mass is 10.1. The predicted octanol–water partition coefficient (Wildman–Crippen LogP) is 4.38. The van der Waals surface area contributed by atoms with Gasteiger partial charge >= 0.3 is 0 Å². The molecule has 1 aromatic rings. The molecule has 0 amide bonds. The van der Waals surface area contributed by atoms with Gasteiger partial charge in [0, 0.05) is 11.1 Å². The van der Waals surface area contributed by atoms with E-state index in [0.717, 1.165) is 12.1 Å². The zero-order valence-corrected chi connectivity index (χ0v) is 9.78. The van der Waals surface area contributed by atoms with Gasteiger partial charge in [0.15, 0.2) is 17.5 Å². The molecule has 1 nitrogen and oxygen atoms in total. The van der Waals surface area contributed by atoms with Gasteiger partial charge in [-0.1, -0.05) is 24.9 Å². The first-order valence-electron chi connectivity index (χ1n) is 4.94. The van der Waals surface area contributed by atoms with Crippen LogP contribution in [-0.2, 0) is 0 Å². The summed E-state index contributed by atoms with van der Waals surface area (Å²) in [6, 6.07) is 3.41. The van der Waals surface area contributed by atoms with E-state index in [4.69, 9.17) is 16.9 Å². The molecule has 5 heteroatoms. The third-order valence-corrected chi connectivity index (χ3v) is 2.58. The minimum absolute atomic E-state index is 0.0342. The van der Waals surface area contributed by atoms with E-state index in [0.29, 0.717) is 12.8 Å². The highest BCUT2D eigenvalue weighted by Gasteiger charge is 2.14. The summed E-state index contributed by atoms with van der Waals surface area (Å²) in [4.78, 5) is 0. The largest absolute Gasteiger partial charge is 0.204 e. The Balaban J connectivity index is 3.30. The maximum absolute atomic E-state index is 13.0. The van der Waals surface area contributed by atoms with Crippen molar-refractivity contribution in [1.29, 1.82) is 5.26 Å². The molecule has 0 saturated carbocycles. The number of hydrogen-bond acceptors (Lipinski definition) is 1. The molecule has 0 N–H and O–H groups in total. The van der Waals surface area contributed by atoms with Crippen LogP contribution in [0.4, 0.5) is 13.2 Å². The van der Waals surface area contributed by atoms with Crippen LogP contribution in [0.15, 0.2) is 17.7 Å². The standard InChI is InChI=1S/C12H9ClF3N/c1-2-3-7(6-17)11(13)8-4-9(14)12(16)10(15)5-8/h4-5H,2-3H2,1H3. The van der Waals surface area contributed by atoms with Crippen LogP contribution in [0, 0.1) is 28.8 Å². The fraction of sp³-hybridized carbons (Fsp3) is 0.250. The summed E-state index contributed by atoms with van der Waals surface area (Å²) in [5, 5.41) is 8.78. The average molecular weight is 260 g/mol. The van der Waals surface area contributed by atoms with Crippen LogP contribution in [0.25, 0.3) is 5.03 Å². The number of nitriles is 1. The molecule has 0 aromatic heterocycles. The van der Waals surface area contributed by atoms with Crippen molar-refractivity contribution < 1.29 is 13.2 Å². The van der Waals surface area contributed by atoms with Gasteiger partial charge in [-0.2, -0.15) is 5.26 Å². The fourth-order valence-electron chi connectivity index (χ4n) is 1.32. The maximum Gasteiger partial charge on any atom is 0.194 e. The Hall–Kier alpha value is -1.47. The maximum atomic E-state index is 13.0. The molecule has 0 aliphatic heterocycles. The Labute approximate surface area is 102 Å². The molecule has 0 aliphatic rings. The van der Waals surface area contributed by atoms with Gasteiger partial charge in [0.1, 0.15) is 0 Å². The Morgan fingerprint density at radius 2 is 1.82 bits per heavy atom. The number of hydrogen-bond donors (Lipinski definition) is 0. The Bertz CT molecular complexity index is 480. The smallest absolute Gasteiger partial charge is 0.194 e. The lowest BCUT2D eigenvalue weighted by molar-refractivity contribution is 0.447. The molecule has 0 atom stereocenters. The van der Waals surface area contributed by atoms with Crippen LogP contribution in [0.5, 0.6) is 0 Å². The minimum atomic E-state index is -1.55. The van der Waals surface area contributed by atoms with Crippen LogP contribution in [0.3, 0.4) is 0 Å². The SMILES string of the molecule is CCCC(C#N)=C(Cl)c1cc(F)c(F)c(F)c1. The summed E-state index contributed by atoms with van der Waals surface area (Å²) in [5.74, 6) is -4.20. The van der Waals surface area contributed by atoms with Crippen molar-refractivity contribution >= 4 is 16.6 Å². The van der Waals surface area contributed by atoms with Crippen molar-refractivity contribution in [1.82, 2.24) is 0 Å².